The number of rotatable bonds is 6. The molecule has 0 saturated carbocycles. The lowest BCUT2D eigenvalue weighted by Crippen LogP contribution is -2.16. The molecule has 100 valence electrons. The lowest BCUT2D eigenvalue weighted by molar-refractivity contribution is 0.188. The molecule has 4 heteroatoms. The number of benzene rings is 2. The van der Waals surface area contributed by atoms with E-state index in [2.05, 4.69) is 0 Å². The minimum atomic E-state index is -2.92. The average Bonchev–Trinajstić information content (AvgIpc) is 2.40. The molecule has 1 unspecified atom stereocenters. The quantitative estimate of drug-likeness (QED) is 0.824. The molecule has 2 rings (SSSR count). The minimum Gasteiger partial charge on any atom is -0.326 e. The largest absolute Gasteiger partial charge is 0.326 e. The van der Waals surface area contributed by atoms with Gasteiger partial charge in [0.15, 0.2) is 0 Å². The predicted octanol–water partition coefficient (Wildman–Crippen LogP) is 3.24. The van der Waals surface area contributed by atoms with E-state index in [0.717, 1.165) is 11.1 Å². The summed E-state index contributed by atoms with van der Waals surface area (Å²) in [7, 11) is -2.92. The first-order valence-electron chi connectivity index (χ1n) is 6.21. The Hall–Kier alpha value is -1.41. The van der Waals surface area contributed by atoms with E-state index in [1.807, 2.05) is 60.7 Å². The molecule has 0 saturated heterocycles. The molecule has 19 heavy (non-hydrogen) atoms. The molecule has 3 nitrogen and oxygen atoms in total. The zero-order chi connectivity index (χ0) is 13.5. The highest BCUT2D eigenvalue weighted by atomic mass is 31.1. The molecule has 1 N–H and O–H groups in total. The normalized spacial score (nSPS) is 12.5. The molecule has 0 amide bonds. The van der Waals surface area contributed by atoms with Crippen LogP contribution in [0.5, 0.6) is 0 Å². The maximum absolute atomic E-state index is 11.0. The third kappa shape index (κ3) is 4.99. The Morgan fingerprint density at radius 1 is 0.895 bits per heavy atom. The van der Waals surface area contributed by atoms with Crippen LogP contribution in [0.3, 0.4) is 0 Å². The smallest absolute Gasteiger partial charge is 0.316 e. The van der Waals surface area contributed by atoms with Crippen LogP contribution in [0.1, 0.15) is 11.1 Å². The van der Waals surface area contributed by atoms with Crippen LogP contribution in [0.15, 0.2) is 60.7 Å². The predicted molar refractivity (Wildman–Crippen MR) is 76.4 cm³/mol. The monoisotopic (exact) mass is 276 g/mol. The minimum absolute atomic E-state index is 0.277. The second-order valence-corrected chi connectivity index (χ2v) is 5.15. The SMILES string of the molecule is O=[PH](O)OC(Cc1ccccc1)Cc1ccccc1. The van der Waals surface area contributed by atoms with Crippen LogP contribution in [-0.2, 0) is 21.9 Å². The second kappa shape index (κ2) is 7.25. The van der Waals surface area contributed by atoms with E-state index in [4.69, 9.17) is 9.42 Å². The van der Waals surface area contributed by atoms with Crippen molar-refractivity contribution < 1.29 is 14.0 Å². The van der Waals surface area contributed by atoms with E-state index < -0.39 is 8.25 Å². The van der Waals surface area contributed by atoms with Gasteiger partial charge in [-0.05, 0) is 24.0 Å². The molecule has 0 bridgehead atoms. The van der Waals surface area contributed by atoms with Crippen LogP contribution in [0.25, 0.3) is 0 Å². The van der Waals surface area contributed by atoms with Gasteiger partial charge in [-0.25, -0.2) is 0 Å². The van der Waals surface area contributed by atoms with Gasteiger partial charge in [0.1, 0.15) is 0 Å². The van der Waals surface area contributed by atoms with Gasteiger partial charge in [0.25, 0.3) is 0 Å². The van der Waals surface area contributed by atoms with Gasteiger partial charge in [0, 0.05) is 0 Å². The summed E-state index contributed by atoms with van der Waals surface area (Å²) >= 11 is 0. The maximum Gasteiger partial charge on any atom is 0.316 e. The lowest BCUT2D eigenvalue weighted by Gasteiger charge is -2.16. The van der Waals surface area contributed by atoms with Gasteiger partial charge in [-0.2, -0.15) is 0 Å². The molecule has 2 aromatic carbocycles. The standard InChI is InChI=1S/C15H17O3P/c16-19(17)18-15(11-13-7-3-1-4-8-13)12-14-9-5-2-6-10-14/h1-10,15,19H,11-12H2,(H,16,17). The molecule has 0 aliphatic heterocycles. The van der Waals surface area contributed by atoms with Crippen LogP contribution in [-0.4, -0.2) is 11.0 Å². The van der Waals surface area contributed by atoms with Gasteiger partial charge in [-0.3, -0.25) is 4.57 Å². The summed E-state index contributed by atoms with van der Waals surface area (Å²) < 4.78 is 16.1. The molecule has 1 atom stereocenters. The third-order valence-electron chi connectivity index (χ3n) is 2.88. The number of hydrogen-bond donors (Lipinski definition) is 1. The Morgan fingerprint density at radius 3 is 1.68 bits per heavy atom. The van der Waals surface area contributed by atoms with Gasteiger partial charge >= 0.3 is 8.25 Å². The number of hydrogen-bond acceptors (Lipinski definition) is 2. The molecule has 0 aromatic heterocycles. The van der Waals surface area contributed by atoms with Gasteiger partial charge in [-0.1, -0.05) is 60.7 Å². The first kappa shape index (κ1) is 14.0. The fraction of sp³-hybridized carbons (Fsp3) is 0.200. The fourth-order valence-corrected chi connectivity index (χ4v) is 2.50. The van der Waals surface area contributed by atoms with Crippen molar-refractivity contribution >= 4 is 8.25 Å². The first-order chi connectivity index (χ1) is 9.24. The van der Waals surface area contributed by atoms with E-state index in [-0.39, 0.29) is 6.10 Å². The Morgan fingerprint density at radius 2 is 1.32 bits per heavy atom. The van der Waals surface area contributed by atoms with Crippen molar-refractivity contribution in [3.05, 3.63) is 71.8 Å². The summed E-state index contributed by atoms with van der Waals surface area (Å²) in [6, 6.07) is 19.7. The third-order valence-corrected chi connectivity index (χ3v) is 3.41. The van der Waals surface area contributed by atoms with Gasteiger partial charge in [0.05, 0.1) is 6.10 Å². The second-order valence-electron chi connectivity index (χ2n) is 4.39. The highest BCUT2D eigenvalue weighted by molar-refractivity contribution is 7.32. The Balaban J connectivity index is 2.06. The van der Waals surface area contributed by atoms with Crippen molar-refractivity contribution in [1.82, 2.24) is 0 Å². The Kier molecular flexibility index (Phi) is 5.34. The van der Waals surface area contributed by atoms with E-state index in [1.165, 1.54) is 0 Å². The van der Waals surface area contributed by atoms with Crippen molar-refractivity contribution in [2.45, 2.75) is 18.9 Å². The molecule has 0 radical (unpaired) electrons. The summed E-state index contributed by atoms with van der Waals surface area (Å²) in [5.74, 6) is 0. The first-order valence-corrected chi connectivity index (χ1v) is 7.48. The van der Waals surface area contributed by atoms with Gasteiger partial charge < -0.3 is 9.42 Å². The van der Waals surface area contributed by atoms with Crippen molar-refractivity contribution in [2.75, 3.05) is 0 Å². The van der Waals surface area contributed by atoms with Crippen LogP contribution < -0.4 is 0 Å². The fourth-order valence-electron chi connectivity index (χ4n) is 2.05. The Labute approximate surface area is 113 Å². The molecular weight excluding hydrogens is 259 g/mol. The average molecular weight is 276 g/mol. The van der Waals surface area contributed by atoms with Crippen molar-refractivity contribution in [2.24, 2.45) is 0 Å². The van der Waals surface area contributed by atoms with E-state index in [1.54, 1.807) is 0 Å². The van der Waals surface area contributed by atoms with Crippen molar-refractivity contribution in [3.8, 4) is 0 Å². The van der Waals surface area contributed by atoms with E-state index in [0.29, 0.717) is 12.8 Å². The van der Waals surface area contributed by atoms with Gasteiger partial charge in [-0.15, -0.1) is 0 Å². The summed E-state index contributed by atoms with van der Waals surface area (Å²) in [5, 5.41) is 0. The van der Waals surface area contributed by atoms with E-state index in [9.17, 15) is 4.57 Å². The van der Waals surface area contributed by atoms with E-state index >= 15 is 0 Å². The topological polar surface area (TPSA) is 46.5 Å². The summed E-state index contributed by atoms with van der Waals surface area (Å²) in [6.45, 7) is 0. The Bertz CT molecular complexity index is 472. The van der Waals surface area contributed by atoms with Crippen LogP contribution >= 0.6 is 8.25 Å². The lowest BCUT2D eigenvalue weighted by atomic mass is 10.0. The highest BCUT2D eigenvalue weighted by Gasteiger charge is 2.13. The summed E-state index contributed by atoms with van der Waals surface area (Å²) in [4.78, 5) is 9.00. The molecule has 0 fully saturated rings. The molecule has 0 spiro atoms. The van der Waals surface area contributed by atoms with Crippen LogP contribution in [0.4, 0.5) is 0 Å². The zero-order valence-corrected chi connectivity index (χ0v) is 11.5. The molecule has 2 aromatic rings. The molecular formula is C15H17O3P. The summed E-state index contributed by atoms with van der Waals surface area (Å²) in [5.41, 5.74) is 2.21. The van der Waals surface area contributed by atoms with Crippen LogP contribution in [0, 0.1) is 0 Å². The maximum atomic E-state index is 11.0. The molecule has 0 aliphatic carbocycles. The van der Waals surface area contributed by atoms with Crippen molar-refractivity contribution in [3.63, 3.8) is 0 Å². The summed E-state index contributed by atoms with van der Waals surface area (Å²) in [6.07, 6.45) is 0.987. The van der Waals surface area contributed by atoms with Crippen LogP contribution in [0.2, 0.25) is 0 Å². The highest BCUT2D eigenvalue weighted by Crippen LogP contribution is 2.23. The molecule has 0 heterocycles. The van der Waals surface area contributed by atoms with Gasteiger partial charge in [0.2, 0.25) is 0 Å². The van der Waals surface area contributed by atoms with Crippen molar-refractivity contribution in [1.29, 1.82) is 0 Å². The molecule has 0 aliphatic rings. The zero-order valence-electron chi connectivity index (χ0n) is 10.5.